The van der Waals surface area contributed by atoms with Gasteiger partial charge in [0.05, 0.1) is 0 Å². The fourth-order valence-corrected chi connectivity index (χ4v) is 82.2. The van der Waals surface area contributed by atoms with Crippen LogP contribution in [0.25, 0.3) is 0 Å². The summed E-state index contributed by atoms with van der Waals surface area (Å²) in [6.07, 6.45) is 0. The van der Waals surface area contributed by atoms with E-state index in [1.165, 1.54) is 0 Å². The molecule has 0 rings (SSSR count). The molecule has 16 nitrogen and oxygen atoms in total. The van der Waals surface area contributed by atoms with Gasteiger partial charge >= 0.3 is 85.6 Å². The molecule has 386 valence electrons. The summed E-state index contributed by atoms with van der Waals surface area (Å²) >= 11 is 0. The highest BCUT2D eigenvalue weighted by Gasteiger charge is 2.51. The molecule has 0 spiro atoms. The first-order valence-corrected chi connectivity index (χ1v) is 68.2. The standard InChI is InChI=1S/C31H98O16Si17/c1-48(32-49(2)34-51(4)36-53(6,7)8)33-50(3)35-52(5)37-55(12,13)39-57(16,17)41-59(20,21)43-61(24,25)45-63(28,29)47-64(30,31)46-62(26,27)44-60(22,23)42-58(18,19)40-56(14,15)38-54(9,10)11/h48-52H,1-31H3. The first-order valence-electron chi connectivity index (χ1n) is 22.7. The fraction of sp³-hybridized carbons (Fsp3) is 1.00. The van der Waals surface area contributed by atoms with E-state index < -0.39 is 149 Å². The van der Waals surface area contributed by atoms with Gasteiger partial charge in [-0.1, -0.05) is 0 Å². The van der Waals surface area contributed by atoms with Gasteiger partial charge in [-0.2, -0.15) is 0 Å². The van der Waals surface area contributed by atoms with Gasteiger partial charge < -0.3 is 65.8 Å². The van der Waals surface area contributed by atoms with Crippen molar-refractivity contribution in [3.8, 4) is 0 Å². The molecule has 0 N–H and O–H groups in total. The molecule has 0 aromatic rings. The van der Waals surface area contributed by atoms with Crippen LogP contribution >= 0.6 is 0 Å². The van der Waals surface area contributed by atoms with Crippen molar-refractivity contribution in [1.82, 2.24) is 0 Å². The minimum Gasteiger partial charge on any atom is -0.439 e. The molecule has 0 aliphatic carbocycles. The highest BCUT2D eigenvalue weighted by molar-refractivity contribution is 6.93. The Morgan fingerprint density at radius 2 is 0.359 bits per heavy atom. The van der Waals surface area contributed by atoms with Crippen molar-refractivity contribution in [2.24, 2.45) is 0 Å². The predicted octanol–water partition coefficient (Wildman–Crippen LogP) is 9.19. The van der Waals surface area contributed by atoms with Crippen LogP contribution in [0.2, 0.25) is 203 Å². The zero-order valence-electron chi connectivity index (χ0n) is 46.4. The van der Waals surface area contributed by atoms with E-state index in [0.29, 0.717) is 0 Å². The summed E-state index contributed by atoms with van der Waals surface area (Å²) in [5, 5.41) is 0. The van der Waals surface area contributed by atoms with Crippen molar-refractivity contribution in [3.63, 3.8) is 0 Å². The molecule has 0 aromatic carbocycles. The van der Waals surface area contributed by atoms with Gasteiger partial charge in [-0.05, 0) is 203 Å². The molecular weight excluding hydrogens is 1110 g/mol. The van der Waals surface area contributed by atoms with Gasteiger partial charge in [-0.3, -0.25) is 0 Å². The molecule has 5 atom stereocenters. The lowest BCUT2D eigenvalue weighted by Gasteiger charge is -2.44. The Kier molecular flexibility index (Phi) is 26.0. The monoisotopic (exact) mass is 1200 g/mol. The maximum absolute atomic E-state index is 6.86. The number of hydrogen-bond acceptors (Lipinski definition) is 16. The van der Waals surface area contributed by atoms with E-state index in [2.05, 4.69) is 177 Å². The van der Waals surface area contributed by atoms with Crippen molar-refractivity contribution in [1.29, 1.82) is 0 Å². The lowest BCUT2D eigenvalue weighted by atomic mass is 11.8. The highest BCUT2D eigenvalue weighted by atomic mass is 28.5. The van der Waals surface area contributed by atoms with Gasteiger partial charge in [0, 0.05) is 0 Å². The molecule has 0 amide bonds. The van der Waals surface area contributed by atoms with Crippen LogP contribution in [0.15, 0.2) is 0 Å². The van der Waals surface area contributed by atoms with Gasteiger partial charge in [-0.25, -0.2) is 0 Å². The van der Waals surface area contributed by atoms with Crippen molar-refractivity contribution in [2.75, 3.05) is 0 Å². The van der Waals surface area contributed by atoms with Crippen LogP contribution in [0.3, 0.4) is 0 Å². The van der Waals surface area contributed by atoms with Crippen molar-refractivity contribution >= 4 is 149 Å². The van der Waals surface area contributed by atoms with E-state index in [0.717, 1.165) is 0 Å². The molecular formula is C31H98O16Si17. The first kappa shape index (κ1) is 67.0. The first-order chi connectivity index (χ1) is 27.7. The van der Waals surface area contributed by atoms with E-state index >= 15 is 0 Å². The minimum atomic E-state index is -2.78. The lowest BCUT2D eigenvalue weighted by Crippen LogP contribution is -2.62. The van der Waals surface area contributed by atoms with E-state index in [4.69, 9.17) is 65.8 Å². The minimum absolute atomic E-state index is 1.64. The summed E-state index contributed by atoms with van der Waals surface area (Å²) in [6, 6.07) is 0. The largest absolute Gasteiger partial charge is 0.439 e. The third-order valence-electron chi connectivity index (χ3n) is 7.48. The zero-order valence-corrected chi connectivity index (χ0v) is 64.2. The normalized spacial score (nSPS) is 17.7. The van der Waals surface area contributed by atoms with Crippen molar-refractivity contribution in [2.45, 2.75) is 203 Å². The third-order valence-corrected chi connectivity index (χ3v) is 67.3. The van der Waals surface area contributed by atoms with Crippen LogP contribution < -0.4 is 0 Å². The Morgan fingerprint density at radius 3 is 0.562 bits per heavy atom. The molecule has 0 aliphatic heterocycles. The van der Waals surface area contributed by atoms with Gasteiger partial charge in [0.25, 0.3) is 46.4 Å². The molecule has 0 saturated heterocycles. The van der Waals surface area contributed by atoms with Gasteiger partial charge in [0.1, 0.15) is 0 Å². The summed E-state index contributed by atoms with van der Waals surface area (Å²) in [7, 11) is -39.8. The summed E-state index contributed by atoms with van der Waals surface area (Å²) in [5.41, 5.74) is 0. The number of hydrogen-bond donors (Lipinski definition) is 0. The molecule has 0 bridgehead atoms. The maximum Gasteiger partial charge on any atom is 0.314 e. The van der Waals surface area contributed by atoms with Gasteiger partial charge in [0.15, 0.2) is 16.6 Å². The van der Waals surface area contributed by atoms with E-state index in [1.807, 2.05) is 26.2 Å². The quantitative estimate of drug-likeness (QED) is 0.0589. The third kappa shape index (κ3) is 33.7. The van der Waals surface area contributed by atoms with E-state index in [1.54, 1.807) is 0 Å². The highest BCUT2D eigenvalue weighted by Crippen LogP contribution is 2.31. The van der Waals surface area contributed by atoms with Crippen LogP contribution in [-0.4, -0.2) is 149 Å². The SMILES string of the molecule is C[SiH](O[SiH](C)O[SiH](C)O[Si](C)(C)C)O[SiH](C)O[SiH](C)O[Si](C)(C)O[Si](C)(C)O[Si](C)(C)O[Si](C)(C)O[Si](C)(C)O[Si](C)(C)O[Si](C)(C)O[Si](C)(C)O[Si](C)(C)O[Si](C)(C)O[Si](C)(C)C. The Labute approximate surface area is 414 Å². The average Bonchev–Trinajstić information content (AvgIpc) is 2.82. The molecule has 0 saturated carbocycles. The average molecular weight is 1200 g/mol. The number of rotatable bonds is 32. The molecule has 0 fully saturated rings. The topological polar surface area (TPSA) is 148 Å². The van der Waals surface area contributed by atoms with Crippen molar-refractivity contribution in [3.05, 3.63) is 0 Å². The predicted molar refractivity (Wildman–Crippen MR) is 304 cm³/mol. The molecule has 0 aliphatic rings. The van der Waals surface area contributed by atoms with Crippen LogP contribution in [0, 0.1) is 0 Å². The summed E-state index contributed by atoms with van der Waals surface area (Å²) in [4.78, 5) is 0. The molecule has 64 heavy (non-hydrogen) atoms. The van der Waals surface area contributed by atoms with Crippen LogP contribution in [0.1, 0.15) is 0 Å². The van der Waals surface area contributed by atoms with E-state index in [9.17, 15) is 0 Å². The Morgan fingerprint density at radius 1 is 0.188 bits per heavy atom. The molecule has 5 unspecified atom stereocenters. The fourth-order valence-electron chi connectivity index (χ4n) is 8.41. The van der Waals surface area contributed by atoms with Gasteiger partial charge in [-0.15, -0.1) is 0 Å². The molecule has 0 radical (unpaired) electrons. The maximum atomic E-state index is 6.86. The molecule has 0 heterocycles. The summed E-state index contributed by atoms with van der Waals surface area (Å²) in [5.74, 6) is 0. The van der Waals surface area contributed by atoms with Crippen LogP contribution in [0.5, 0.6) is 0 Å². The van der Waals surface area contributed by atoms with Crippen molar-refractivity contribution < 1.29 is 65.8 Å². The zero-order chi connectivity index (χ0) is 51.2. The Hall–Kier alpha value is 3.05. The van der Waals surface area contributed by atoms with Crippen LogP contribution in [-0.2, 0) is 65.8 Å². The molecule has 0 aromatic heterocycles. The summed E-state index contributed by atoms with van der Waals surface area (Å²) < 4.78 is 105. The lowest BCUT2D eigenvalue weighted by molar-refractivity contribution is 0.253. The smallest absolute Gasteiger partial charge is 0.314 e. The Balaban J connectivity index is 5.41. The summed E-state index contributed by atoms with van der Waals surface area (Å²) in [6.45, 7) is 64.7. The second-order valence-electron chi connectivity index (χ2n) is 22.9. The second-order valence-corrected chi connectivity index (χ2v) is 79.4. The Bertz CT molecular complexity index is 1420. The van der Waals surface area contributed by atoms with E-state index in [-0.39, 0.29) is 0 Å². The molecule has 33 heteroatoms. The van der Waals surface area contributed by atoms with Gasteiger partial charge in [0.2, 0.25) is 0 Å². The second kappa shape index (κ2) is 24.8. The van der Waals surface area contributed by atoms with Crippen LogP contribution in [0.4, 0.5) is 0 Å².